The number of carbonyl (C=O) groups is 2. The van der Waals surface area contributed by atoms with E-state index in [1.54, 1.807) is 6.92 Å². The predicted molar refractivity (Wildman–Crippen MR) is 239 cm³/mol. The van der Waals surface area contributed by atoms with Crippen molar-refractivity contribution >= 4 is 28.4 Å². The molecule has 6 heteroatoms. The van der Waals surface area contributed by atoms with Crippen LogP contribution >= 0.6 is 0 Å². The van der Waals surface area contributed by atoms with E-state index in [2.05, 4.69) is 10.2 Å². The van der Waals surface area contributed by atoms with Gasteiger partial charge in [0.1, 0.15) is 11.6 Å². The fraction of sp³-hybridized carbons (Fsp3) is 0.769. The Hall–Kier alpha value is -2.60. The first-order valence-electron chi connectivity index (χ1n) is 24.9. The zero-order valence-corrected chi connectivity index (χ0v) is 36.5. The zero-order valence-electron chi connectivity index (χ0n) is 36.5. The summed E-state index contributed by atoms with van der Waals surface area (Å²) in [5.74, 6) is 1.01. The van der Waals surface area contributed by atoms with Gasteiger partial charge in [-0.2, -0.15) is 0 Å². The number of carboxylic acids is 2. The maximum atomic E-state index is 15.2. The van der Waals surface area contributed by atoms with Crippen LogP contribution in [-0.4, -0.2) is 50.7 Å². The molecule has 8 rings (SSSR count). The van der Waals surface area contributed by atoms with Crippen molar-refractivity contribution in [2.45, 2.75) is 223 Å². The summed E-state index contributed by atoms with van der Waals surface area (Å²) in [6.45, 7) is 1.63. The van der Waals surface area contributed by atoms with Crippen molar-refractivity contribution in [2.75, 3.05) is 5.32 Å². The van der Waals surface area contributed by atoms with E-state index in [0.29, 0.717) is 35.8 Å². The Morgan fingerprint density at radius 1 is 0.534 bits per heavy atom. The minimum absolute atomic E-state index is 0.0446. The quantitative estimate of drug-likeness (QED) is 0.198. The fourth-order valence-electron chi connectivity index (χ4n) is 14.7. The summed E-state index contributed by atoms with van der Waals surface area (Å²) in [5.41, 5.74) is 0.147. The predicted octanol–water partition coefficient (Wildman–Crippen LogP) is 13.8. The monoisotopic (exact) mass is 797 g/mol. The van der Waals surface area contributed by atoms with Crippen molar-refractivity contribution in [1.82, 2.24) is 4.90 Å². The summed E-state index contributed by atoms with van der Waals surface area (Å²) in [7, 11) is 0. The molecule has 0 unspecified atom stereocenters. The zero-order chi connectivity index (χ0) is 40.4. The van der Waals surface area contributed by atoms with Crippen molar-refractivity contribution in [1.29, 1.82) is 0 Å². The lowest BCUT2D eigenvalue weighted by atomic mass is 9.40. The lowest BCUT2D eigenvalue weighted by Gasteiger charge is -2.69. The Balaban J connectivity index is 0.000000267. The highest BCUT2D eigenvalue weighted by Gasteiger charge is 2.71. The molecule has 6 aliphatic carbocycles. The maximum absolute atomic E-state index is 15.2. The van der Waals surface area contributed by atoms with Gasteiger partial charge in [-0.05, 0) is 119 Å². The Labute approximate surface area is 352 Å². The Kier molecular flexibility index (Phi) is 15.6. The molecular formula is C52H80N2O4. The van der Waals surface area contributed by atoms with Crippen LogP contribution in [0.2, 0.25) is 0 Å². The standard InChI is InChI=1S/C39H67NO2.C13H13NO2/c41-37(42)39(34-25-13-4-14-26-34,40(35-27-15-5-16-28-35)36-29-17-6-18-30-36)38(31-19-7-1-8-20-31,32-21-9-2-10-22-32)33-23-11-3-12-24-33;1-9(13(15)16)14-12-8-4-6-10-5-2-3-7-11(10)12/h31-36H,1-30H2,(H,41,42);2-9,14H,1H3,(H,15,16)/t39-;9-/m10/s1. The Morgan fingerprint density at radius 3 is 1.33 bits per heavy atom. The topological polar surface area (TPSA) is 89.9 Å². The number of anilines is 1. The molecule has 0 aromatic heterocycles. The summed E-state index contributed by atoms with van der Waals surface area (Å²) >= 11 is 0. The van der Waals surface area contributed by atoms with E-state index in [9.17, 15) is 9.90 Å². The van der Waals surface area contributed by atoms with Crippen molar-refractivity contribution in [2.24, 2.45) is 29.1 Å². The van der Waals surface area contributed by atoms with E-state index in [1.807, 2.05) is 42.5 Å². The number of carboxylic acid groups (broad SMARTS) is 2. The van der Waals surface area contributed by atoms with Crippen LogP contribution in [-0.2, 0) is 9.59 Å². The van der Waals surface area contributed by atoms with Crippen LogP contribution in [0, 0.1) is 29.1 Å². The van der Waals surface area contributed by atoms with E-state index < -0.39 is 17.6 Å². The van der Waals surface area contributed by atoms with Crippen LogP contribution in [0.15, 0.2) is 42.5 Å². The Bertz CT molecular complexity index is 1500. The third kappa shape index (κ3) is 9.03. The molecule has 6 nitrogen and oxygen atoms in total. The molecule has 0 aliphatic heterocycles. The molecular weight excluding hydrogens is 717 g/mol. The van der Waals surface area contributed by atoms with E-state index in [4.69, 9.17) is 5.11 Å². The minimum Gasteiger partial charge on any atom is -0.480 e. The molecule has 0 saturated heterocycles. The molecule has 6 aliphatic rings. The van der Waals surface area contributed by atoms with E-state index in [0.717, 1.165) is 16.5 Å². The van der Waals surface area contributed by atoms with Crippen LogP contribution in [0.3, 0.4) is 0 Å². The SMILES string of the molecule is C[C@H](Nc1cccc2ccccc12)C(=O)O.O=C(O)[C@@](C1CCCCC1)(N(C1CCCCC1)C1CCCCC1)C(C1CCCCC1)(C1CCCCC1)C1CCCCC1. The van der Waals surface area contributed by atoms with Gasteiger partial charge in [0.15, 0.2) is 0 Å². The van der Waals surface area contributed by atoms with Gasteiger partial charge in [0.2, 0.25) is 0 Å². The number of nitrogens with zero attached hydrogens (tertiary/aromatic N) is 1. The third-order valence-electron chi connectivity index (χ3n) is 16.9. The fourth-order valence-corrected chi connectivity index (χ4v) is 14.7. The largest absolute Gasteiger partial charge is 0.480 e. The molecule has 6 saturated carbocycles. The number of benzene rings is 2. The highest BCUT2D eigenvalue weighted by molar-refractivity contribution is 5.95. The lowest BCUT2D eigenvalue weighted by Crippen LogP contribution is -2.78. The van der Waals surface area contributed by atoms with Gasteiger partial charge in [-0.1, -0.05) is 152 Å². The number of hydrogen-bond donors (Lipinski definition) is 3. The number of hydrogen-bond acceptors (Lipinski definition) is 4. The van der Waals surface area contributed by atoms with Crippen LogP contribution in [0.5, 0.6) is 0 Å². The summed E-state index contributed by atoms with van der Waals surface area (Å²) in [6.07, 6.45) is 39.3. The van der Waals surface area contributed by atoms with Gasteiger partial charge in [-0.3, -0.25) is 14.5 Å². The first-order chi connectivity index (χ1) is 28.4. The Morgan fingerprint density at radius 2 is 0.914 bits per heavy atom. The molecule has 0 bridgehead atoms. The minimum atomic E-state index is -0.854. The van der Waals surface area contributed by atoms with Crippen molar-refractivity contribution in [3.8, 4) is 0 Å². The molecule has 0 spiro atoms. The van der Waals surface area contributed by atoms with Gasteiger partial charge < -0.3 is 15.5 Å². The summed E-state index contributed by atoms with van der Waals surface area (Å²) in [6, 6.07) is 14.1. The average Bonchev–Trinajstić information content (AvgIpc) is 3.28. The molecule has 2 aromatic rings. The second-order valence-corrected chi connectivity index (χ2v) is 20.1. The van der Waals surface area contributed by atoms with Crippen LogP contribution in [0.1, 0.15) is 200 Å². The van der Waals surface area contributed by atoms with Gasteiger partial charge in [0, 0.05) is 28.6 Å². The van der Waals surface area contributed by atoms with E-state index >= 15 is 4.79 Å². The molecule has 2 aromatic carbocycles. The third-order valence-corrected chi connectivity index (χ3v) is 16.9. The molecule has 322 valence electrons. The molecule has 3 N–H and O–H groups in total. The van der Waals surface area contributed by atoms with Crippen LogP contribution in [0.4, 0.5) is 5.69 Å². The molecule has 0 heterocycles. The summed E-state index contributed by atoms with van der Waals surface area (Å²) < 4.78 is 0. The first-order valence-corrected chi connectivity index (χ1v) is 24.9. The van der Waals surface area contributed by atoms with Gasteiger partial charge in [0.25, 0.3) is 0 Å². The van der Waals surface area contributed by atoms with Gasteiger partial charge in [-0.25, -0.2) is 0 Å². The van der Waals surface area contributed by atoms with Gasteiger partial charge in [-0.15, -0.1) is 0 Å². The second kappa shape index (κ2) is 20.8. The lowest BCUT2D eigenvalue weighted by molar-refractivity contribution is -0.231. The first kappa shape index (κ1) is 43.5. The average molecular weight is 797 g/mol. The van der Waals surface area contributed by atoms with E-state index in [-0.39, 0.29) is 11.4 Å². The maximum Gasteiger partial charge on any atom is 0.325 e. The number of rotatable bonds is 12. The van der Waals surface area contributed by atoms with Gasteiger partial charge in [0.05, 0.1) is 0 Å². The highest BCUT2D eigenvalue weighted by atomic mass is 16.4. The number of nitrogens with one attached hydrogen (secondary N) is 1. The molecule has 58 heavy (non-hydrogen) atoms. The smallest absolute Gasteiger partial charge is 0.325 e. The molecule has 2 atom stereocenters. The normalized spacial score (nSPS) is 24.7. The second-order valence-electron chi connectivity index (χ2n) is 20.1. The highest BCUT2D eigenvalue weighted by Crippen LogP contribution is 2.67. The number of aliphatic carboxylic acids is 2. The summed E-state index contributed by atoms with van der Waals surface area (Å²) in [5, 5.41) is 26.5. The molecule has 6 fully saturated rings. The number of fused-ring (bicyclic) bond motifs is 1. The van der Waals surface area contributed by atoms with E-state index in [1.165, 1.54) is 193 Å². The van der Waals surface area contributed by atoms with Crippen molar-refractivity contribution in [3.63, 3.8) is 0 Å². The van der Waals surface area contributed by atoms with Crippen LogP contribution in [0.25, 0.3) is 10.8 Å². The van der Waals surface area contributed by atoms with Crippen molar-refractivity contribution < 1.29 is 19.8 Å². The summed E-state index contributed by atoms with van der Waals surface area (Å²) in [4.78, 5) is 29.0. The molecule has 0 amide bonds. The van der Waals surface area contributed by atoms with Crippen LogP contribution < -0.4 is 5.32 Å². The molecule has 0 radical (unpaired) electrons. The van der Waals surface area contributed by atoms with Crippen molar-refractivity contribution in [3.05, 3.63) is 42.5 Å². The van der Waals surface area contributed by atoms with Gasteiger partial charge >= 0.3 is 11.9 Å².